The highest BCUT2D eigenvalue weighted by Crippen LogP contribution is 2.38. The maximum atomic E-state index is 10.5. The Morgan fingerprint density at radius 2 is 2.30 bits per heavy atom. The third-order valence-corrected chi connectivity index (χ3v) is 2.66. The fourth-order valence-corrected chi connectivity index (χ4v) is 1.88. The summed E-state index contributed by atoms with van der Waals surface area (Å²) in [5.74, 6) is -0.947. The van der Waals surface area contributed by atoms with E-state index in [4.69, 9.17) is 28.3 Å². The minimum absolute atomic E-state index is 0.0615. The van der Waals surface area contributed by atoms with Gasteiger partial charge in [0, 0.05) is 5.38 Å². The van der Waals surface area contributed by atoms with Crippen LogP contribution in [0.2, 0.25) is 0 Å². The van der Waals surface area contributed by atoms with Gasteiger partial charge in [0.15, 0.2) is 0 Å². The molecule has 0 aromatic heterocycles. The maximum absolute atomic E-state index is 10.5. The molecule has 2 unspecified atom stereocenters. The molecule has 0 spiro atoms. The predicted molar refractivity (Wildman–Crippen MR) is 39.7 cm³/mol. The first kappa shape index (κ1) is 8.15. The lowest BCUT2D eigenvalue weighted by Gasteiger charge is -2.13. The zero-order valence-corrected chi connectivity index (χ0v) is 6.82. The first-order chi connectivity index (χ1) is 4.54. The number of aliphatic carboxylic acids is 1. The van der Waals surface area contributed by atoms with Gasteiger partial charge in [0.05, 0.1) is 0 Å². The molecule has 0 aromatic carbocycles. The van der Waals surface area contributed by atoms with Crippen LogP contribution in [-0.4, -0.2) is 21.3 Å². The Labute approximate surface area is 69.1 Å². The fraction of sp³-hybridized carbons (Fsp3) is 0.833. The van der Waals surface area contributed by atoms with Crippen LogP contribution in [0.4, 0.5) is 0 Å². The highest BCUT2D eigenvalue weighted by molar-refractivity contribution is 6.35. The van der Waals surface area contributed by atoms with Gasteiger partial charge < -0.3 is 5.11 Å². The van der Waals surface area contributed by atoms with Gasteiger partial charge in [0.25, 0.3) is 0 Å². The monoisotopic (exact) mass is 182 g/mol. The first-order valence-electron chi connectivity index (χ1n) is 3.11. The second-order valence-electron chi connectivity index (χ2n) is 2.61. The van der Waals surface area contributed by atoms with Gasteiger partial charge in [-0.25, -0.2) is 0 Å². The molecule has 1 saturated carbocycles. The van der Waals surface area contributed by atoms with Gasteiger partial charge in [-0.1, -0.05) is 0 Å². The Hall–Kier alpha value is 0.0500. The van der Waals surface area contributed by atoms with Gasteiger partial charge in [-0.15, -0.1) is 23.2 Å². The van der Waals surface area contributed by atoms with Crippen molar-refractivity contribution in [3.8, 4) is 0 Å². The Balaban J connectivity index is 2.63. The molecule has 0 saturated heterocycles. The summed E-state index contributed by atoms with van der Waals surface area (Å²) in [5.41, 5.74) is 0. The number of hydrogen-bond acceptors (Lipinski definition) is 1. The van der Waals surface area contributed by atoms with E-state index in [9.17, 15) is 4.79 Å². The number of carbonyl (C=O) groups is 1. The van der Waals surface area contributed by atoms with Gasteiger partial charge >= 0.3 is 5.97 Å². The Morgan fingerprint density at radius 1 is 1.70 bits per heavy atom. The van der Waals surface area contributed by atoms with E-state index in [1.54, 1.807) is 0 Å². The van der Waals surface area contributed by atoms with Crippen molar-refractivity contribution < 1.29 is 9.90 Å². The summed E-state index contributed by atoms with van der Waals surface area (Å²) < 4.78 is 0. The maximum Gasteiger partial charge on any atom is 0.324 e. The predicted octanol–water partition coefficient (Wildman–Crippen LogP) is 1.84. The molecular weight excluding hydrogens is 175 g/mol. The number of rotatable bonds is 1. The van der Waals surface area contributed by atoms with Crippen molar-refractivity contribution in [3.05, 3.63) is 0 Å². The molecule has 0 aliphatic heterocycles. The van der Waals surface area contributed by atoms with E-state index in [0.29, 0.717) is 19.3 Å². The van der Waals surface area contributed by atoms with Gasteiger partial charge in [-0.2, -0.15) is 0 Å². The van der Waals surface area contributed by atoms with Crippen molar-refractivity contribution in [2.24, 2.45) is 0 Å². The van der Waals surface area contributed by atoms with Crippen molar-refractivity contribution in [3.63, 3.8) is 0 Å². The minimum atomic E-state index is -1.08. The van der Waals surface area contributed by atoms with Gasteiger partial charge in [-0.3, -0.25) is 4.79 Å². The second-order valence-corrected chi connectivity index (χ2v) is 3.95. The number of halogens is 2. The summed E-state index contributed by atoms with van der Waals surface area (Å²) in [6, 6.07) is 0. The number of carboxylic acid groups (broad SMARTS) is 1. The molecule has 1 aliphatic carbocycles. The van der Waals surface area contributed by atoms with E-state index in [1.165, 1.54) is 0 Å². The van der Waals surface area contributed by atoms with Crippen LogP contribution in [0.3, 0.4) is 0 Å². The van der Waals surface area contributed by atoms with Crippen molar-refractivity contribution in [2.75, 3.05) is 0 Å². The number of hydrogen-bond donors (Lipinski definition) is 1. The first-order valence-corrected chi connectivity index (χ1v) is 3.92. The van der Waals surface area contributed by atoms with Gasteiger partial charge in [0.2, 0.25) is 0 Å². The third kappa shape index (κ3) is 1.38. The van der Waals surface area contributed by atoms with E-state index < -0.39 is 10.8 Å². The van der Waals surface area contributed by atoms with E-state index in [0.717, 1.165) is 0 Å². The Morgan fingerprint density at radius 3 is 2.50 bits per heavy atom. The Bertz CT molecular complexity index is 160. The van der Waals surface area contributed by atoms with Crippen LogP contribution in [-0.2, 0) is 4.79 Å². The molecule has 1 N–H and O–H groups in total. The summed E-state index contributed by atoms with van der Waals surface area (Å²) in [5, 5.41) is 8.54. The average Bonchev–Trinajstić information content (AvgIpc) is 2.13. The van der Waals surface area contributed by atoms with Gasteiger partial charge in [-0.05, 0) is 19.3 Å². The van der Waals surface area contributed by atoms with Gasteiger partial charge in [0.1, 0.15) is 4.87 Å². The normalized spacial score (nSPS) is 40.0. The van der Waals surface area contributed by atoms with Crippen LogP contribution >= 0.6 is 23.2 Å². The smallest absolute Gasteiger partial charge is 0.324 e. The van der Waals surface area contributed by atoms with Crippen molar-refractivity contribution in [2.45, 2.75) is 29.5 Å². The molecule has 2 nitrogen and oxygen atoms in total. The van der Waals surface area contributed by atoms with E-state index in [-0.39, 0.29) is 5.38 Å². The van der Waals surface area contributed by atoms with Crippen LogP contribution in [0.5, 0.6) is 0 Å². The quantitative estimate of drug-likeness (QED) is 0.629. The number of alkyl halides is 2. The van der Waals surface area contributed by atoms with E-state index in [1.807, 2.05) is 0 Å². The molecule has 0 bridgehead atoms. The summed E-state index contributed by atoms with van der Waals surface area (Å²) >= 11 is 11.4. The molecule has 10 heavy (non-hydrogen) atoms. The van der Waals surface area contributed by atoms with Crippen LogP contribution < -0.4 is 0 Å². The molecule has 1 rings (SSSR count). The van der Waals surface area contributed by atoms with Crippen LogP contribution in [0.25, 0.3) is 0 Å². The summed E-state index contributed by atoms with van der Waals surface area (Å²) in [4.78, 5) is 9.40. The van der Waals surface area contributed by atoms with Crippen LogP contribution in [0, 0.1) is 0 Å². The lowest BCUT2D eigenvalue weighted by atomic mass is 10.1. The highest BCUT2D eigenvalue weighted by atomic mass is 35.5. The fourth-order valence-electron chi connectivity index (χ4n) is 1.13. The highest BCUT2D eigenvalue weighted by Gasteiger charge is 2.43. The molecule has 2 atom stereocenters. The molecule has 1 aliphatic rings. The molecule has 1 fully saturated rings. The third-order valence-electron chi connectivity index (χ3n) is 1.78. The standard InChI is InChI=1S/C6H8Cl2O2/c7-4-1-2-6(8,3-4)5(9)10/h4H,1-3H2,(H,9,10). The molecule has 0 radical (unpaired) electrons. The molecule has 0 amide bonds. The van der Waals surface area contributed by atoms with E-state index in [2.05, 4.69) is 0 Å². The largest absolute Gasteiger partial charge is 0.480 e. The molecule has 4 heteroatoms. The lowest BCUT2D eigenvalue weighted by molar-refractivity contribution is -0.140. The number of carboxylic acids is 1. The topological polar surface area (TPSA) is 37.3 Å². The molecule has 0 aromatic rings. The van der Waals surface area contributed by atoms with Crippen LogP contribution in [0.1, 0.15) is 19.3 Å². The van der Waals surface area contributed by atoms with Crippen molar-refractivity contribution in [1.82, 2.24) is 0 Å². The summed E-state index contributed by atoms with van der Waals surface area (Å²) in [7, 11) is 0. The van der Waals surface area contributed by atoms with Crippen molar-refractivity contribution in [1.29, 1.82) is 0 Å². The molecule has 0 heterocycles. The SMILES string of the molecule is O=C(O)C1(Cl)CCC(Cl)C1. The summed E-state index contributed by atoms with van der Waals surface area (Å²) in [6.45, 7) is 0. The zero-order valence-electron chi connectivity index (χ0n) is 5.31. The summed E-state index contributed by atoms with van der Waals surface area (Å²) in [6.07, 6.45) is 1.57. The van der Waals surface area contributed by atoms with Crippen LogP contribution in [0.15, 0.2) is 0 Å². The zero-order chi connectivity index (χ0) is 7.78. The average molecular weight is 183 g/mol. The van der Waals surface area contributed by atoms with Crippen molar-refractivity contribution >= 4 is 29.2 Å². The van der Waals surface area contributed by atoms with E-state index >= 15 is 0 Å². The second kappa shape index (κ2) is 2.59. The Kier molecular flexibility index (Phi) is 2.11. The molecule has 58 valence electrons. The molecular formula is C6H8Cl2O2. The lowest BCUT2D eigenvalue weighted by Crippen LogP contribution is -2.28. The minimum Gasteiger partial charge on any atom is -0.480 e.